The van der Waals surface area contributed by atoms with E-state index in [0.29, 0.717) is 129 Å². The van der Waals surface area contributed by atoms with Crippen molar-refractivity contribution in [1.82, 2.24) is 54.7 Å². The molecule has 5 rings (SSSR count). The number of hydrogen-bond donors (Lipinski definition) is 3. The molecule has 0 saturated carbocycles. The molecule has 0 aliphatic carbocycles. The number of amides is 2. The fraction of sp³-hybridized carbons (Fsp3) is 0.725. The molecule has 0 aromatic carbocycles. The van der Waals surface area contributed by atoms with Crippen molar-refractivity contribution < 1.29 is 23.8 Å². The van der Waals surface area contributed by atoms with Crippen LogP contribution < -0.4 is 26.6 Å². The summed E-state index contributed by atoms with van der Waals surface area (Å²) in [5.41, 5.74) is 13.2. The molecule has 0 radical (unpaired) electrons. The summed E-state index contributed by atoms with van der Waals surface area (Å²) in [6, 6.07) is -0.437. The first-order valence-corrected chi connectivity index (χ1v) is 21.8. The monoisotopic (exact) mass is 851 g/mol. The number of carbonyl (C=O) groups is 2. The van der Waals surface area contributed by atoms with E-state index in [2.05, 4.69) is 48.6 Å². The topological polar surface area (TPSA) is 239 Å². The van der Waals surface area contributed by atoms with E-state index < -0.39 is 6.04 Å². The van der Waals surface area contributed by atoms with Crippen molar-refractivity contribution in [3.63, 3.8) is 0 Å². The van der Waals surface area contributed by atoms with Crippen LogP contribution in [0.1, 0.15) is 69.3 Å². The maximum Gasteiger partial charge on any atom is 0.247 e. The Kier molecular flexibility index (Phi) is 20.3. The lowest BCUT2D eigenvalue weighted by molar-refractivity contribution is -0.135. The van der Waals surface area contributed by atoms with Gasteiger partial charge in [-0.15, -0.1) is 16.6 Å². The SMILES string of the molecule is C#CCOCCOCCOCCNc1nc(N2CCN(C(=O)Cn3cc(CCCCN)nn3)CC2)nc(N2CCN(C(=O)[C@H](CCCCN)n3cc(CCCC)nn3)CC2)n1. The Morgan fingerprint density at radius 1 is 0.754 bits per heavy atom. The minimum Gasteiger partial charge on any atom is -0.377 e. The van der Waals surface area contributed by atoms with Gasteiger partial charge >= 0.3 is 0 Å². The van der Waals surface area contributed by atoms with Crippen molar-refractivity contribution in [2.24, 2.45) is 11.5 Å². The number of nitrogens with one attached hydrogen (secondary N) is 1. The molecule has 0 spiro atoms. The second-order valence-electron chi connectivity index (χ2n) is 15.1. The average Bonchev–Trinajstić information content (AvgIpc) is 3.95. The Hall–Kier alpha value is -5.01. The zero-order valence-corrected chi connectivity index (χ0v) is 35.9. The highest BCUT2D eigenvalue weighted by molar-refractivity contribution is 5.80. The van der Waals surface area contributed by atoms with E-state index in [1.54, 1.807) is 9.36 Å². The highest BCUT2D eigenvalue weighted by Crippen LogP contribution is 2.23. The molecule has 21 heteroatoms. The van der Waals surface area contributed by atoms with Crippen molar-refractivity contribution in [3.8, 4) is 12.3 Å². The summed E-state index contributed by atoms with van der Waals surface area (Å²) in [6.45, 7) is 10.6. The number of aryl methyl sites for hydroxylation is 2. The van der Waals surface area contributed by atoms with E-state index >= 15 is 0 Å². The van der Waals surface area contributed by atoms with E-state index in [1.807, 2.05) is 22.2 Å². The molecule has 5 N–H and O–H groups in total. The number of aromatic nitrogens is 9. The van der Waals surface area contributed by atoms with Crippen LogP contribution in [0.2, 0.25) is 0 Å². The smallest absolute Gasteiger partial charge is 0.247 e. The van der Waals surface area contributed by atoms with Gasteiger partial charge in [0.2, 0.25) is 29.7 Å². The standard InChI is InChI=1S/C40H66N16O5/c1-3-5-10-34-31-56(50-48-34)35(12-7-9-14-42)37(58)52-18-22-54(23-19-52)40-45-38(43-15-25-60-27-29-61-28-26-59-24-4-2)44-39(46-40)53-20-16-51(17-21-53)36(57)32-55-30-33(47-49-55)11-6-8-13-41/h2,30-31,35H,3,5-29,32,41-42H2,1H3,(H,43,44,45,46)/t35-/m0/s1. The van der Waals surface area contributed by atoms with Crippen molar-refractivity contribution in [3.05, 3.63) is 23.8 Å². The van der Waals surface area contributed by atoms with Crippen LogP contribution in [0.3, 0.4) is 0 Å². The number of terminal acetylenes is 1. The number of nitrogens with two attached hydrogens (primary N) is 2. The fourth-order valence-electron chi connectivity index (χ4n) is 7.02. The third-order valence-corrected chi connectivity index (χ3v) is 10.5. The molecular weight excluding hydrogens is 785 g/mol. The molecule has 0 bridgehead atoms. The van der Waals surface area contributed by atoms with Crippen LogP contribution in [-0.2, 0) is 43.2 Å². The van der Waals surface area contributed by atoms with Gasteiger partial charge in [-0.1, -0.05) is 29.7 Å². The van der Waals surface area contributed by atoms with Gasteiger partial charge in [0.15, 0.2) is 0 Å². The number of anilines is 3. The molecule has 2 aliphatic heterocycles. The Bertz CT molecular complexity index is 1770. The molecule has 61 heavy (non-hydrogen) atoms. The first-order chi connectivity index (χ1) is 29.9. The molecule has 336 valence electrons. The average molecular weight is 851 g/mol. The van der Waals surface area contributed by atoms with E-state index in [4.69, 9.17) is 47.1 Å². The highest BCUT2D eigenvalue weighted by atomic mass is 16.5. The van der Waals surface area contributed by atoms with Gasteiger partial charge in [0.25, 0.3) is 0 Å². The number of piperazine rings is 2. The Morgan fingerprint density at radius 2 is 1.36 bits per heavy atom. The molecule has 2 amide bonds. The van der Waals surface area contributed by atoms with Crippen LogP contribution in [0.15, 0.2) is 12.4 Å². The fourth-order valence-corrected chi connectivity index (χ4v) is 7.02. The first-order valence-electron chi connectivity index (χ1n) is 21.8. The van der Waals surface area contributed by atoms with Gasteiger partial charge in [0.1, 0.15) is 19.2 Å². The minimum atomic E-state index is -0.437. The number of hydrogen-bond acceptors (Lipinski definition) is 17. The lowest BCUT2D eigenvalue weighted by Crippen LogP contribution is -2.51. The molecule has 21 nitrogen and oxygen atoms in total. The second-order valence-corrected chi connectivity index (χ2v) is 15.1. The molecule has 2 aliphatic rings. The summed E-state index contributed by atoms with van der Waals surface area (Å²) in [4.78, 5) is 49.7. The van der Waals surface area contributed by atoms with Gasteiger partial charge in [-0.2, -0.15) is 15.0 Å². The summed E-state index contributed by atoms with van der Waals surface area (Å²) in [6.07, 6.45) is 16.8. The van der Waals surface area contributed by atoms with E-state index in [9.17, 15) is 9.59 Å². The first kappa shape index (κ1) is 47.0. The summed E-state index contributed by atoms with van der Waals surface area (Å²) >= 11 is 0. The molecule has 2 saturated heterocycles. The van der Waals surface area contributed by atoms with Crippen LogP contribution in [0, 0.1) is 12.3 Å². The number of carbonyl (C=O) groups excluding carboxylic acids is 2. The van der Waals surface area contributed by atoms with Crippen LogP contribution in [0.5, 0.6) is 0 Å². The number of rotatable bonds is 28. The molecule has 2 fully saturated rings. The number of ether oxygens (including phenoxy) is 3. The Balaban J connectivity index is 1.19. The zero-order valence-electron chi connectivity index (χ0n) is 35.9. The third kappa shape index (κ3) is 15.4. The predicted octanol–water partition coefficient (Wildman–Crippen LogP) is 0.141. The lowest BCUT2D eigenvalue weighted by atomic mass is 10.1. The number of nitrogens with zero attached hydrogens (tertiary/aromatic N) is 13. The van der Waals surface area contributed by atoms with E-state index in [0.717, 1.165) is 62.8 Å². The Labute approximate surface area is 359 Å². The summed E-state index contributed by atoms with van der Waals surface area (Å²) < 4.78 is 19.8. The summed E-state index contributed by atoms with van der Waals surface area (Å²) in [7, 11) is 0. The van der Waals surface area contributed by atoms with Crippen LogP contribution in [0.25, 0.3) is 0 Å². The minimum absolute atomic E-state index is 0.0193. The third-order valence-electron chi connectivity index (χ3n) is 10.5. The zero-order chi connectivity index (χ0) is 43.1. The van der Waals surface area contributed by atoms with Gasteiger partial charge in [0.05, 0.1) is 44.4 Å². The van der Waals surface area contributed by atoms with Crippen LogP contribution >= 0.6 is 0 Å². The normalized spacial score (nSPS) is 15.0. The molecule has 1 atom stereocenters. The Morgan fingerprint density at radius 3 is 2.03 bits per heavy atom. The second kappa shape index (κ2) is 26.4. The maximum absolute atomic E-state index is 14.0. The largest absolute Gasteiger partial charge is 0.377 e. The van der Waals surface area contributed by atoms with Gasteiger partial charge in [-0.3, -0.25) is 9.59 Å². The lowest BCUT2D eigenvalue weighted by Gasteiger charge is -2.37. The highest BCUT2D eigenvalue weighted by Gasteiger charge is 2.31. The van der Waals surface area contributed by atoms with E-state index in [1.165, 1.54) is 0 Å². The molecular formula is C40H66N16O5. The quantitative estimate of drug-likeness (QED) is 0.0651. The summed E-state index contributed by atoms with van der Waals surface area (Å²) in [5.74, 6) is 3.89. The van der Waals surface area contributed by atoms with Crippen LogP contribution in [0.4, 0.5) is 17.8 Å². The number of unbranched alkanes of at least 4 members (excludes halogenated alkanes) is 3. The van der Waals surface area contributed by atoms with E-state index in [-0.39, 0.29) is 25.0 Å². The van der Waals surface area contributed by atoms with Gasteiger partial charge in [-0.05, 0) is 64.5 Å². The summed E-state index contributed by atoms with van der Waals surface area (Å²) in [5, 5.41) is 20.4. The van der Waals surface area contributed by atoms with Gasteiger partial charge in [0, 0.05) is 71.3 Å². The predicted molar refractivity (Wildman–Crippen MR) is 230 cm³/mol. The molecule has 5 heterocycles. The van der Waals surface area contributed by atoms with Crippen molar-refractivity contribution in [2.45, 2.75) is 77.3 Å². The maximum atomic E-state index is 14.0. The van der Waals surface area contributed by atoms with Crippen molar-refractivity contribution >= 4 is 29.7 Å². The van der Waals surface area contributed by atoms with Crippen molar-refractivity contribution in [1.29, 1.82) is 0 Å². The molecule has 3 aromatic heterocycles. The van der Waals surface area contributed by atoms with Gasteiger partial charge < -0.3 is 50.6 Å². The van der Waals surface area contributed by atoms with Crippen molar-refractivity contribution in [2.75, 3.05) is 127 Å². The van der Waals surface area contributed by atoms with Gasteiger partial charge in [-0.25, -0.2) is 9.36 Å². The molecule has 3 aromatic rings. The van der Waals surface area contributed by atoms with Crippen LogP contribution in [-0.4, -0.2) is 178 Å². The molecule has 0 unspecified atom stereocenters.